The lowest BCUT2D eigenvalue weighted by Crippen LogP contribution is -2.53. The molecule has 5 unspecified atom stereocenters. The molecule has 21 heavy (non-hydrogen) atoms. The average molecular weight is 291 g/mol. The number of aliphatic hydroxyl groups excluding tert-OH is 3. The van der Waals surface area contributed by atoms with Crippen molar-refractivity contribution in [3.63, 3.8) is 0 Å². The predicted molar refractivity (Wildman–Crippen MR) is 76.9 cm³/mol. The van der Waals surface area contributed by atoms with Gasteiger partial charge in [-0.05, 0) is 12.8 Å². The molecule has 3 N–H and O–H groups in total. The first-order chi connectivity index (χ1) is 10.1. The Morgan fingerprint density at radius 3 is 2.52 bits per heavy atom. The van der Waals surface area contributed by atoms with Crippen molar-refractivity contribution >= 4 is 5.78 Å². The van der Waals surface area contributed by atoms with Gasteiger partial charge < -0.3 is 15.3 Å². The third-order valence-corrected chi connectivity index (χ3v) is 4.70. The van der Waals surface area contributed by atoms with E-state index in [0.717, 1.165) is 0 Å². The monoisotopic (exact) mass is 291 g/mol. The standard InChI is InChI=1S/C16H21NO4/c18-12-7-6-11(17-9-14(20)16(21)15(12)17)8-13(19)10-4-2-1-3-5-10/h1-5,11-12,14-16,18,20-21H,6-9H2. The van der Waals surface area contributed by atoms with Gasteiger partial charge in [0.05, 0.1) is 24.4 Å². The molecule has 0 amide bonds. The average Bonchev–Trinajstić information content (AvgIpc) is 2.80. The molecule has 0 aromatic heterocycles. The highest BCUT2D eigenvalue weighted by Crippen LogP contribution is 2.33. The zero-order valence-corrected chi connectivity index (χ0v) is 11.8. The number of ketones is 1. The molecule has 2 aliphatic rings. The van der Waals surface area contributed by atoms with E-state index < -0.39 is 24.4 Å². The fraction of sp³-hybridized carbons (Fsp3) is 0.562. The van der Waals surface area contributed by atoms with Crippen molar-refractivity contribution in [3.8, 4) is 0 Å². The van der Waals surface area contributed by atoms with E-state index in [1.165, 1.54) is 0 Å². The van der Waals surface area contributed by atoms with Gasteiger partial charge >= 0.3 is 0 Å². The van der Waals surface area contributed by atoms with Crippen molar-refractivity contribution in [1.29, 1.82) is 0 Å². The number of rotatable bonds is 3. The summed E-state index contributed by atoms with van der Waals surface area (Å²) in [5, 5.41) is 29.9. The van der Waals surface area contributed by atoms with Crippen molar-refractivity contribution in [3.05, 3.63) is 35.9 Å². The molecule has 3 rings (SSSR count). The second-order valence-electron chi connectivity index (χ2n) is 6.04. The molecule has 1 aromatic carbocycles. The molecule has 0 spiro atoms. The van der Waals surface area contributed by atoms with Gasteiger partial charge in [0.2, 0.25) is 0 Å². The number of fused-ring (bicyclic) bond motifs is 1. The van der Waals surface area contributed by atoms with Crippen LogP contribution in [-0.2, 0) is 0 Å². The number of nitrogens with zero attached hydrogens (tertiary/aromatic N) is 1. The maximum atomic E-state index is 12.3. The van der Waals surface area contributed by atoms with E-state index in [1.54, 1.807) is 12.1 Å². The van der Waals surface area contributed by atoms with E-state index in [-0.39, 0.29) is 11.8 Å². The van der Waals surface area contributed by atoms with Crippen LogP contribution in [0.25, 0.3) is 0 Å². The Morgan fingerprint density at radius 1 is 1.10 bits per heavy atom. The molecule has 2 fully saturated rings. The summed E-state index contributed by atoms with van der Waals surface area (Å²) in [7, 11) is 0. The molecule has 0 saturated carbocycles. The number of carbonyl (C=O) groups excluding carboxylic acids is 1. The normalized spacial score (nSPS) is 36.4. The second kappa shape index (κ2) is 5.85. The van der Waals surface area contributed by atoms with Crippen LogP contribution in [0.3, 0.4) is 0 Å². The van der Waals surface area contributed by atoms with E-state index in [1.807, 2.05) is 23.1 Å². The van der Waals surface area contributed by atoms with E-state index in [4.69, 9.17) is 0 Å². The first-order valence-electron chi connectivity index (χ1n) is 7.46. The molecule has 1 aromatic rings. The summed E-state index contributed by atoms with van der Waals surface area (Å²) >= 11 is 0. The summed E-state index contributed by atoms with van der Waals surface area (Å²) in [6, 6.07) is 8.65. The molecule has 2 saturated heterocycles. The van der Waals surface area contributed by atoms with Crippen LogP contribution in [0.1, 0.15) is 29.6 Å². The number of aliphatic hydroxyl groups is 3. The zero-order chi connectivity index (χ0) is 15.0. The maximum absolute atomic E-state index is 12.3. The van der Waals surface area contributed by atoms with E-state index >= 15 is 0 Å². The summed E-state index contributed by atoms with van der Waals surface area (Å²) < 4.78 is 0. The minimum atomic E-state index is -0.936. The predicted octanol–water partition coefficient (Wildman–Crippen LogP) is 0.189. The first kappa shape index (κ1) is 14.7. The molecular formula is C16H21NO4. The Hall–Kier alpha value is -1.27. The quantitative estimate of drug-likeness (QED) is 0.693. The highest BCUT2D eigenvalue weighted by atomic mass is 16.3. The van der Waals surface area contributed by atoms with E-state index in [0.29, 0.717) is 31.4 Å². The number of hydrogen-bond acceptors (Lipinski definition) is 5. The van der Waals surface area contributed by atoms with Gasteiger partial charge in [-0.2, -0.15) is 0 Å². The van der Waals surface area contributed by atoms with Crippen LogP contribution in [0.2, 0.25) is 0 Å². The van der Waals surface area contributed by atoms with Gasteiger partial charge in [-0.25, -0.2) is 0 Å². The largest absolute Gasteiger partial charge is 0.391 e. The molecule has 0 radical (unpaired) electrons. The van der Waals surface area contributed by atoms with Crippen LogP contribution >= 0.6 is 0 Å². The van der Waals surface area contributed by atoms with Gasteiger partial charge in [0, 0.05) is 24.6 Å². The van der Waals surface area contributed by atoms with Gasteiger partial charge in [0.25, 0.3) is 0 Å². The van der Waals surface area contributed by atoms with Crippen LogP contribution in [0.5, 0.6) is 0 Å². The lowest BCUT2D eigenvalue weighted by atomic mass is 9.89. The highest BCUT2D eigenvalue weighted by molar-refractivity contribution is 5.96. The molecule has 0 aliphatic carbocycles. The van der Waals surface area contributed by atoms with E-state index in [2.05, 4.69) is 0 Å². The fourth-order valence-corrected chi connectivity index (χ4v) is 3.59. The van der Waals surface area contributed by atoms with Crippen LogP contribution in [0.15, 0.2) is 30.3 Å². The molecule has 2 aliphatic heterocycles. The summed E-state index contributed by atoms with van der Waals surface area (Å²) in [5.74, 6) is 0.0617. The number of carbonyl (C=O) groups is 1. The van der Waals surface area contributed by atoms with Gasteiger partial charge in [-0.15, -0.1) is 0 Å². The zero-order valence-electron chi connectivity index (χ0n) is 11.8. The molecule has 5 nitrogen and oxygen atoms in total. The lowest BCUT2D eigenvalue weighted by Gasteiger charge is -2.40. The Morgan fingerprint density at radius 2 is 1.81 bits per heavy atom. The topological polar surface area (TPSA) is 81.0 Å². The van der Waals surface area contributed by atoms with E-state index in [9.17, 15) is 20.1 Å². The molecule has 2 heterocycles. The fourth-order valence-electron chi connectivity index (χ4n) is 3.59. The van der Waals surface area contributed by atoms with Gasteiger partial charge in [-0.3, -0.25) is 9.69 Å². The van der Waals surface area contributed by atoms with Crippen molar-refractivity contribution in [1.82, 2.24) is 4.90 Å². The lowest BCUT2D eigenvalue weighted by molar-refractivity contribution is -0.0453. The van der Waals surface area contributed by atoms with Crippen molar-refractivity contribution in [2.45, 2.75) is 49.7 Å². The van der Waals surface area contributed by atoms with Crippen LogP contribution in [0, 0.1) is 0 Å². The number of Topliss-reactive ketones (excluding diaryl/α,β-unsaturated/α-hetero) is 1. The highest BCUT2D eigenvalue weighted by Gasteiger charge is 2.49. The summed E-state index contributed by atoms with van der Waals surface area (Å²) in [6.07, 6.45) is -0.813. The summed E-state index contributed by atoms with van der Waals surface area (Å²) in [5.41, 5.74) is 0.681. The Labute approximate surface area is 123 Å². The number of hydrogen-bond donors (Lipinski definition) is 3. The molecule has 5 heteroatoms. The van der Waals surface area contributed by atoms with Gasteiger partial charge in [-0.1, -0.05) is 30.3 Å². The number of benzene rings is 1. The van der Waals surface area contributed by atoms with Crippen LogP contribution < -0.4 is 0 Å². The smallest absolute Gasteiger partial charge is 0.164 e. The molecule has 114 valence electrons. The van der Waals surface area contributed by atoms with Crippen LogP contribution in [-0.4, -0.2) is 62.9 Å². The summed E-state index contributed by atoms with van der Waals surface area (Å²) in [6.45, 7) is 0.315. The van der Waals surface area contributed by atoms with Gasteiger partial charge in [0.15, 0.2) is 5.78 Å². The third kappa shape index (κ3) is 2.74. The Bertz CT molecular complexity index is 506. The molecular weight excluding hydrogens is 270 g/mol. The molecule has 5 atom stereocenters. The van der Waals surface area contributed by atoms with Crippen molar-refractivity contribution in [2.75, 3.05) is 6.54 Å². The number of piperidine rings is 1. The Balaban J connectivity index is 1.73. The van der Waals surface area contributed by atoms with Crippen molar-refractivity contribution < 1.29 is 20.1 Å². The van der Waals surface area contributed by atoms with Crippen molar-refractivity contribution in [2.24, 2.45) is 0 Å². The minimum Gasteiger partial charge on any atom is -0.391 e. The first-order valence-corrected chi connectivity index (χ1v) is 7.46. The minimum absolute atomic E-state index is 0.0297. The third-order valence-electron chi connectivity index (χ3n) is 4.70. The second-order valence-corrected chi connectivity index (χ2v) is 6.04. The maximum Gasteiger partial charge on any atom is 0.164 e. The summed E-state index contributed by atoms with van der Waals surface area (Å²) in [4.78, 5) is 14.2. The molecule has 0 bridgehead atoms. The van der Waals surface area contributed by atoms with Crippen LogP contribution in [0.4, 0.5) is 0 Å². The SMILES string of the molecule is O=C(CC1CCC(O)C2C(O)C(O)CN12)c1ccccc1. The van der Waals surface area contributed by atoms with Gasteiger partial charge in [0.1, 0.15) is 0 Å². The Kier molecular flexibility index (Phi) is 4.08.